The summed E-state index contributed by atoms with van der Waals surface area (Å²) in [5, 5.41) is 11.2. The standard InChI is InChI=1S/C7H16N2OS/c1-4-7(2,3)11-5-6(8)9-10/h10H,4-5H2,1-3H3,(H2,8,9). The lowest BCUT2D eigenvalue weighted by molar-refractivity contribution is 0.318. The summed E-state index contributed by atoms with van der Waals surface area (Å²) >= 11 is 1.70. The van der Waals surface area contributed by atoms with Gasteiger partial charge in [0.1, 0.15) is 5.84 Å². The SMILES string of the molecule is CCC(C)(C)SC/C(N)=N\O. The Bertz CT molecular complexity index is 145. The van der Waals surface area contributed by atoms with E-state index in [1.807, 2.05) is 0 Å². The van der Waals surface area contributed by atoms with Gasteiger partial charge in [0.05, 0.1) is 5.75 Å². The van der Waals surface area contributed by atoms with Crippen LogP contribution in [0.5, 0.6) is 0 Å². The van der Waals surface area contributed by atoms with Crippen molar-refractivity contribution in [3.05, 3.63) is 0 Å². The molecule has 66 valence electrons. The molecule has 0 aliphatic heterocycles. The third-order valence-corrected chi connectivity index (χ3v) is 3.10. The molecule has 4 heteroatoms. The van der Waals surface area contributed by atoms with E-state index in [-0.39, 0.29) is 10.6 Å². The molecule has 0 rings (SSSR count). The van der Waals surface area contributed by atoms with Crippen molar-refractivity contribution in [1.82, 2.24) is 0 Å². The van der Waals surface area contributed by atoms with Crippen LogP contribution in [-0.4, -0.2) is 21.5 Å². The topological polar surface area (TPSA) is 58.6 Å². The van der Waals surface area contributed by atoms with Crippen molar-refractivity contribution in [2.75, 3.05) is 5.75 Å². The molecule has 0 aliphatic carbocycles. The highest BCUT2D eigenvalue weighted by Crippen LogP contribution is 2.26. The Hall–Kier alpha value is -0.380. The number of oxime groups is 1. The van der Waals surface area contributed by atoms with E-state index in [1.165, 1.54) is 0 Å². The maximum Gasteiger partial charge on any atom is 0.149 e. The summed E-state index contributed by atoms with van der Waals surface area (Å²) in [6.45, 7) is 6.41. The van der Waals surface area contributed by atoms with Crippen molar-refractivity contribution in [2.24, 2.45) is 10.9 Å². The lowest BCUT2D eigenvalue weighted by Gasteiger charge is -2.20. The molecule has 0 aliphatic rings. The van der Waals surface area contributed by atoms with Crippen molar-refractivity contribution >= 4 is 17.6 Å². The van der Waals surface area contributed by atoms with Crippen LogP contribution >= 0.6 is 11.8 Å². The summed E-state index contributed by atoms with van der Waals surface area (Å²) in [4.78, 5) is 0. The lowest BCUT2D eigenvalue weighted by Crippen LogP contribution is -2.21. The van der Waals surface area contributed by atoms with Crippen LogP contribution in [0.15, 0.2) is 5.16 Å². The molecule has 0 bridgehead atoms. The Kier molecular flexibility index (Phi) is 4.33. The van der Waals surface area contributed by atoms with Crippen LogP contribution in [0.2, 0.25) is 0 Å². The highest BCUT2D eigenvalue weighted by Gasteiger charge is 2.15. The summed E-state index contributed by atoms with van der Waals surface area (Å²) in [6.07, 6.45) is 1.08. The molecule has 0 fully saturated rings. The largest absolute Gasteiger partial charge is 0.409 e. The lowest BCUT2D eigenvalue weighted by atomic mass is 10.1. The normalized spacial score (nSPS) is 13.5. The monoisotopic (exact) mass is 176 g/mol. The second kappa shape index (κ2) is 4.49. The van der Waals surface area contributed by atoms with Gasteiger partial charge >= 0.3 is 0 Å². The molecule has 3 nitrogen and oxygen atoms in total. The molecular weight excluding hydrogens is 160 g/mol. The molecule has 0 atom stereocenters. The van der Waals surface area contributed by atoms with Gasteiger partial charge in [-0.3, -0.25) is 0 Å². The zero-order chi connectivity index (χ0) is 8.91. The quantitative estimate of drug-likeness (QED) is 0.296. The molecular formula is C7H16N2OS. The number of thioether (sulfide) groups is 1. The van der Waals surface area contributed by atoms with Crippen LogP contribution in [0.3, 0.4) is 0 Å². The van der Waals surface area contributed by atoms with E-state index in [1.54, 1.807) is 11.8 Å². The zero-order valence-corrected chi connectivity index (χ0v) is 8.11. The maximum atomic E-state index is 8.25. The van der Waals surface area contributed by atoms with Crippen LogP contribution in [0.4, 0.5) is 0 Å². The van der Waals surface area contributed by atoms with E-state index in [4.69, 9.17) is 10.9 Å². The number of hydrogen-bond acceptors (Lipinski definition) is 3. The minimum absolute atomic E-state index is 0.218. The summed E-state index contributed by atoms with van der Waals surface area (Å²) in [5.74, 6) is 0.883. The fourth-order valence-electron chi connectivity index (χ4n) is 0.400. The van der Waals surface area contributed by atoms with E-state index >= 15 is 0 Å². The van der Waals surface area contributed by atoms with Gasteiger partial charge in [0.25, 0.3) is 0 Å². The molecule has 0 radical (unpaired) electrons. The Morgan fingerprint density at radius 3 is 2.55 bits per heavy atom. The Balaban J connectivity index is 3.70. The number of hydrogen-bond donors (Lipinski definition) is 2. The number of nitrogens with zero attached hydrogens (tertiary/aromatic N) is 1. The third-order valence-electron chi connectivity index (χ3n) is 1.59. The molecule has 0 spiro atoms. The van der Waals surface area contributed by atoms with E-state index in [2.05, 4.69) is 25.9 Å². The van der Waals surface area contributed by atoms with Gasteiger partial charge in [0.15, 0.2) is 0 Å². The second-order valence-corrected chi connectivity index (χ2v) is 4.68. The van der Waals surface area contributed by atoms with Gasteiger partial charge in [0.2, 0.25) is 0 Å². The third kappa shape index (κ3) is 4.95. The van der Waals surface area contributed by atoms with Crippen LogP contribution in [-0.2, 0) is 0 Å². The van der Waals surface area contributed by atoms with Gasteiger partial charge in [-0.1, -0.05) is 25.9 Å². The first kappa shape index (κ1) is 10.6. The smallest absolute Gasteiger partial charge is 0.149 e. The second-order valence-electron chi connectivity index (χ2n) is 2.99. The van der Waals surface area contributed by atoms with E-state index in [0.717, 1.165) is 6.42 Å². The van der Waals surface area contributed by atoms with Crippen molar-refractivity contribution in [3.63, 3.8) is 0 Å². The van der Waals surface area contributed by atoms with E-state index in [0.29, 0.717) is 5.75 Å². The highest BCUT2D eigenvalue weighted by atomic mass is 32.2. The first-order valence-corrected chi connectivity index (χ1v) is 4.60. The molecule has 0 saturated carbocycles. The van der Waals surface area contributed by atoms with Crippen molar-refractivity contribution in [2.45, 2.75) is 31.9 Å². The Morgan fingerprint density at radius 2 is 2.18 bits per heavy atom. The van der Waals surface area contributed by atoms with Crippen LogP contribution in [0.1, 0.15) is 27.2 Å². The van der Waals surface area contributed by atoms with Gasteiger partial charge in [0, 0.05) is 4.75 Å². The first-order valence-electron chi connectivity index (χ1n) is 3.62. The minimum atomic E-state index is 0.218. The molecule has 0 heterocycles. The molecule has 0 aromatic heterocycles. The van der Waals surface area contributed by atoms with Crippen molar-refractivity contribution in [1.29, 1.82) is 0 Å². The predicted octanol–water partition coefficient (Wildman–Crippen LogP) is 1.65. The minimum Gasteiger partial charge on any atom is -0.409 e. The van der Waals surface area contributed by atoms with Crippen LogP contribution in [0, 0.1) is 0 Å². The Morgan fingerprint density at radius 1 is 1.64 bits per heavy atom. The Labute approximate surface area is 72.0 Å². The summed E-state index contributed by atoms with van der Waals surface area (Å²) < 4.78 is 0.218. The van der Waals surface area contributed by atoms with Crippen molar-refractivity contribution in [3.8, 4) is 0 Å². The average Bonchev–Trinajstić information content (AvgIpc) is 2.00. The van der Waals surface area contributed by atoms with E-state index in [9.17, 15) is 0 Å². The van der Waals surface area contributed by atoms with E-state index < -0.39 is 0 Å². The molecule has 0 amide bonds. The predicted molar refractivity (Wildman–Crippen MR) is 50.2 cm³/mol. The summed E-state index contributed by atoms with van der Waals surface area (Å²) in [7, 11) is 0. The zero-order valence-electron chi connectivity index (χ0n) is 7.29. The van der Waals surface area contributed by atoms with Gasteiger partial charge in [-0.25, -0.2) is 0 Å². The van der Waals surface area contributed by atoms with Gasteiger partial charge in [-0.15, -0.1) is 11.8 Å². The fraction of sp³-hybridized carbons (Fsp3) is 0.857. The molecule has 0 aromatic rings. The number of nitrogens with two attached hydrogens (primary N) is 1. The molecule has 0 saturated heterocycles. The number of rotatable bonds is 4. The molecule has 0 unspecified atom stereocenters. The highest BCUT2D eigenvalue weighted by molar-refractivity contribution is 8.01. The fourth-order valence-corrected chi connectivity index (χ4v) is 1.20. The first-order chi connectivity index (χ1) is 5.02. The maximum absolute atomic E-state index is 8.25. The van der Waals surface area contributed by atoms with Gasteiger partial charge in [-0.05, 0) is 6.42 Å². The van der Waals surface area contributed by atoms with Crippen LogP contribution in [0.25, 0.3) is 0 Å². The van der Waals surface area contributed by atoms with Gasteiger partial charge in [-0.2, -0.15) is 0 Å². The van der Waals surface area contributed by atoms with Gasteiger partial charge < -0.3 is 10.9 Å². The summed E-state index contributed by atoms with van der Waals surface area (Å²) in [6, 6.07) is 0. The average molecular weight is 176 g/mol. The van der Waals surface area contributed by atoms with Crippen LogP contribution < -0.4 is 5.73 Å². The summed E-state index contributed by atoms with van der Waals surface area (Å²) in [5.41, 5.74) is 5.31. The molecule has 3 N–H and O–H groups in total. The van der Waals surface area contributed by atoms with Crippen molar-refractivity contribution < 1.29 is 5.21 Å². The molecule has 0 aromatic carbocycles. The number of amidine groups is 1. The molecule has 11 heavy (non-hydrogen) atoms.